The molecular weight excluding hydrogens is 314 g/mol. The Morgan fingerprint density at radius 2 is 1.69 bits per heavy atom. The van der Waals surface area contributed by atoms with Gasteiger partial charge in [0.2, 0.25) is 0 Å². The molecule has 1 aliphatic rings. The maximum absolute atomic E-state index is 3.72. The van der Waals surface area contributed by atoms with E-state index in [0.29, 0.717) is 0 Å². The Kier molecular flexibility index (Phi) is 7.54. The SMILES string of the molecule is C1=C[NH2+]C=N1.Cc1cc(C)[c]([Pd])c(C)c1.[Cl-]. The van der Waals surface area contributed by atoms with Crippen LogP contribution in [0.25, 0.3) is 0 Å². The van der Waals surface area contributed by atoms with Gasteiger partial charge in [0.25, 0.3) is 0 Å². The Hall–Kier alpha value is -0.458. The van der Waals surface area contributed by atoms with E-state index in [9.17, 15) is 0 Å². The number of nitrogens with zero attached hydrogens (tertiary/aromatic N) is 1. The van der Waals surface area contributed by atoms with E-state index in [2.05, 4.69) is 57.1 Å². The van der Waals surface area contributed by atoms with Gasteiger partial charge in [-0.1, -0.05) is 0 Å². The number of aliphatic imine (C=N–C) groups is 1. The largest absolute Gasteiger partial charge is 1.00 e. The first-order valence-corrected chi connectivity index (χ1v) is 5.61. The number of aryl methyl sites for hydroxylation is 3. The molecular formula is C12H16ClN2Pd. The van der Waals surface area contributed by atoms with Gasteiger partial charge < -0.3 is 12.4 Å². The molecule has 1 aromatic rings. The summed E-state index contributed by atoms with van der Waals surface area (Å²) in [5, 5.41) is 1.89. The van der Waals surface area contributed by atoms with Gasteiger partial charge in [-0.3, -0.25) is 5.32 Å². The molecule has 0 bridgehead atoms. The molecule has 1 heterocycles. The third-order valence-electron chi connectivity index (χ3n) is 1.99. The van der Waals surface area contributed by atoms with E-state index in [1.54, 1.807) is 12.5 Å². The summed E-state index contributed by atoms with van der Waals surface area (Å²) >= 11 is 3.24. The molecule has 0 saturated heterocycles. The number of hydrogen-bond acceptors (Lipinski definition) is 1. The van der Waals surface area contributed by atoms with Crippen LogP contribution in [0.15, 0.2) is 29.5 Å². The van der Waals surface area contributed by atoms with Crippen molar-refractivity contribution in [3.8, 4) is 0 Å². The summed E-state index contributed by atoms with van der Waals surface area (Å²) in [4.78, 5) is 3.72. The molecule has 1 aromatic carbocycles. The van der Waals surface area contributed by atoms with E-state index in [0.717, 1.165) is 0 Å². The molecule has 0 aromatic heterocycles. The minimum atomic E-state index is 0. The second kappa shape index (κ2) is 7.76. The van der Waals surface area contributed by atoms with Gasteiger partial charge in [-0.15, -0.1) is 0 Å². The maximum atomic E-state index is 3.72. The minimum Gasteiger partial charge on any atom is -1.00 e. The fourth-order valence-corrected chi connectivity index (χ4v) is 1.63. The van der Waals surface area contributed by atoms with Crippen LogP contribution in [-0.4, -0.2) is 6.34 Å². The molecule has 2 nitrogen and oxygen atoms in total. The summed E-state index contributed by atoms with van der Waals surface area (Å²) < 4.78 is 1.27. The van der Waals surface area contributed by atoms with Gasteiger partial charge in [-0.2, -0.15) is 0 Å². The van der Waals surface area contributed by atoms with E-state index in [1.807, 2.05) is 11.5 Å². The van der Waals surface area contributed by atoms with E-state index in [1.165, 1.54) is 20.7 Å². The zero-order chi connectivity index (χ0) is 11.3. The quantitative estimate of drug-likeness (QED) is 0.526. The van der Waals surface area contributed by atoms with Crippen LogP contribution >= 0.6 is 0 Å². The zero-order valence-corrected chi connectivity index (χ0v) is 11.9. The minimum absolute atomic E-state index is 0. The number of nitrogens with two attached hydrogens (primary N) is 1. The Balaban J connectivity index is 0.000000318. The van der Waals surface area contributed by atoms with Gasteiger partial charge >= 0.3 is 72.8 Å². The molecule has 2 rings (SSSR count). The smallest absolute Gasteiger partial charge is 1.00 e. The maximum Gasteiger partial charge on any atom is -1.00 e. The van der Waals surface area contributed by atoms with Crippen LogP contribution < -0.4 is 21.8 Å². The van der Waals surface area contributed by atoms with E-state index in [4.69, 9.17) is 0 Å². The zero-order valence-electron chi connectivity index (χ0n) is 9.61. The molecule has 0 fully saturated rings. The Bertz CT molecular complexity index is 367. The van der Waals surface area contributed by atoms with Crippen molar-refractivity contribution < 1.29 is 36.9 Å². The van der Waals surface area contributed by atoms with Crippen LogP contribution in [-0.2, 0) is 19.2 Å². The van der Waals surface area contributed by atoms with Crippen LogP contribution in [0.2, 0.25) is 0 Å². The summed E-state index contributed by atoms with van der Waals surface area (Å²) in [5.74, 6) is 0. The molecule has 16 heavy (non-hydrogen) atoms. The molecule has 0 atom stereocenters. The van der Waals surface area contributed by atoms with Gasteiger partial charge in [0.05, 0.1) is 6.20 Å². The monoisotopic (exact) mass is 329 g/mol. The predicted molar refractivity (Wildman–Crippen MR) is 59.8 cm³/mol. The molecule has 0 aliphatic carbocycles. The van der Waals surface area contributed by atoms with Crippen molar-refractivity contribution in [2.75, 3.05) is 0 Å². The number of halogens is 1. The number of quaternary nitrogens is 1. The molecule has 0 unspecified atom stereocenters. The van der Waals surface area contributed by atoms with Crippen molar-refractivity contribution in [1.29, 1.82) is 0 Å². The average molecular weight is 330 g/mol. The molecule has 0 spiro atoms. The van der Waals surface area contributed by atoms with Crippen molar-refractivity contribution in [3.05, 3.63) is 41.2 Å². The summed E-state index contributed by atoms with van der Waals surface area (Å²) in [6.45, 7) is 6.37. The van der Waals surface area contributed by atoms with Crippen molar-refractivity contribution in [1.82, 2.24) is 0 Å². The second-order valence-corrected chi connectivity index (χ2v) is 4.29. The summed E-state index contributed by atoms with van der Waals surface area (Å²) in [7, 11) is 0. The van der Waals surface area contributed by atoms with Crippen LogP contribution in [0.1, 0.15) is 16.7 Å². The topological polar surface area (TPSA) is 29.0 Å². The Labute approximate surface area is 114 Å². The van der Waals surface area contributed by atoms with Crippen molar-refractivity contribution >= 4 is 10.4 Å². The molecule has 2 N–H and O–H groups in total. The molecule has 0 amide bonds. The van der Waals surface area contributed by atoms with Crippen LogP contribution in [0, 0.1) is 20.8 Å². The third-order valence-corrected chi connectivity index (χ3v) is 3.21. The Morgan fingerprint density at radius 3 is 2.00 bits per heavy atom. The second-order valence-electron chi connectivity index (χ2n) is 3.51. The molecule has 4 heteroatoms. The predicted octanol–water partition coefficient (Wildman–Crippen LogP) is -2.15. The first-order chi connectivity index (χ1) is 7.11. The number of benzene rings is 1. The fourth-order valence-electron chi connectivity index (χ4n) is 1.40. The van der Waals surface area contributed by atoms with Gasteiger partial charge in [-0.25, -0.2) is 4.99 Å². The van der Waals surface area contributed by atoms with E-state index in [-0.39, 0.29) is 12.4 Å². The standard InChI is InChI=1S/C9H11.C3H4N2.ClH.Pd/c1-7-4-8(2)6-9(3)5-7;1-2-5-3-4-1;;/h4-5H,1-3H3;1-3H,(H,4,5);1H;. The fraction of sp³-hybridized carbons (Fsp3) is 0.250. The third kappa shape index (κ3) is 5.05. The summed E-state index contributed by atoms with van der Waals surface area (Å²) in [6, 6.07) is 4.37. The molecule has 91 valence electrons. The first-order valence-electron chi connectivity index (χ1n) is 4.83. The van der Waals surface area contributed by atoms with Gasteiger partial charge in [0, 0.05) is 0 Å². The van der Waals surface area contributed by atoms with Gasteiger partial charge in [0.15, 0.2) is 6.34 Å². The summed E-state index contributed by atoms with van der Waals surface area (Å²) in [5.41, 5.74) is 4.01. The number of rotatable bonds is 0. The molecule has 0 radical (unpaired) electrons. The van der Waals surface area contributed by atoms with Crippen LogP contribution in [0.4, 0.5) is 0 Å². The van der Waals surface area contributed by atoms with Crippen molar-refractivity contribution in [2.24, 2.45) is 4.99 Å². The van der Waals surface area contributed by atoms with Crippen LogP contribution in [0.5, 0.6) is 0 Å². The van der Waals surface area contributed by atoms with Gasteiger partial charge in [-0.05, 0) is 0 Å². The summed E-state index contributed by atoms with van der Waals surface area (Å²) in [6.07, 6.45) is 5.39. The van der Waals surface area contributed by atoms with E-state index < -0.39 is 0 Å². The molecule has 0 saturated carbocycles. The normalized spacial score (nSPS) is 11.8. The van der Waals surface area contributed by atoms with Crippen LogP contribution in [0.3, 0.4) is 0 Å². The molecule has 1 aliphatic heterocycles. The Morgan fingerprint density at radius 1 is 1.12 bits per heavy atom. The first kappa shape index (κ1) is 15.5. The average Bonchev–Trinajstić information content (AvgIpc) is 2.71. The van der Waals surface area contributed by atoms with Crippen molar-refractivity contribution in [3.63, 3.8) is 0 Å². The van der Waals surface area contributed by atoms with Crippen molar-refractivity contribution in [2.45, 2.75) is 20.8 Å². The van der Waals surface area contributed by atoms with E-state index >= 15 is 0 Å². The number of hydrogen-bond donors (Lipinski definition) is 1. The van der Waals surface area contributed by atoms with Gasteiger partial charge in [0.1, 0.15) is 6.20 Å².